The van der Waals surface area contributed by atoms with Gasteiger partial charge in [-0.25, -0.2) is 0 Å². The van der Waals surface area contributed by atoms with E-state index in [2.05, 4.69) is 15.5 Å². The van der Waals surface area contributed by atoms with E-state index in [1.807, 2.05) is 0 Å². The highest BCUT2D eigenvalue weighted by atomic mass is 32.1. The fraction of sp³-hybridized carbons (Fsp3) is 0.889. The molecule has 2 N–H and O–H groups in total. The quantitative estimate of drug-likeness (QED) is 0.759. The van der Waals surface area contributed by atoms with Crippen LogP contribution in [0.15, 0.2) is 0 Å². The molecule has 0 bridgehead atoms. The van der Waals surface area contributed by atoms with E-state index >= 15 is 0 Å². The third-order valence-electron chi connectivity index (χ3n) is 5.61. The second-order valence-corrected chi connectivity index (χ2v) is 7.83. The lowest BCUT2D eigenvalue weighted by atomic mass is 9.87. The highest BCUT2D eigenvalue weighted by molar-refractivity contribution is 7.80. The first kappa shape index (κ1) is 17.9. The van der Waals surface area contributed by atoms with Crippen LogP contribution < -0.4 is 10.6 Å². The van der Waals surface area contributed by atoms with Crippen LogP contribution in [0.5, 0.6) is 0 Å². The minimum absolute atomic E-state index is 0.289. The Morgan fingerprint density at radius 1 is 1.04 bits per heavy atom. The number of hydrogen-bond acceptors (Lipinski definition) is 3. The van der Waals surface area contributed by atoms with Crippen LogP contribution in [0.4, 0.5) is 0 Å². The molecule has 3 fully saturated rings. The molecular weight excluding hydrogens is 322 g/mol. The van der Waals surface area contributed by atoms with Gasteiger partial charge in [0.1, 0.15) is 0 Å². The molecule has 2 heterocycles. The summed E-state index contributed by atoms with van der Waals surface area (Å²) in [6, 6.07) is 0.380. The van der Waals surface area contributed by atoms with Crippen molar-refractivity contribution in [3.63, 3.8) is 0 Å². The van der Waals surface area contributed by atoms with Crippen LogP contribution in [0.25, 0.3) is 0 Å². The molecule has 0 radical (unpaired) electrons. The molecule has 1 amide bonds. The van der Waals surface area contributed by atoms with Gasteiger partial charge in [0, 0.05) is 38.2 Å². The van der Waals surface area contributed by atoms with E-state index in [9.17, 15) is 4.79 Å². The second kappa shape index (κ2) is 8.99. The number of thiocarbonyl (C=S) groups is 1. The van der Waals surface area contributed by atoms with E-state index in [0.29, 0.717) is 18.1 Å². The summed E-state index contributed by atoms with van der Waals surface area (Å²) in [4.78, 5) is 14.7. The van der Waals surface area contributed by atoms with Crippen LogP contribution in [0.2, 0.25) is 0 Å². The van der Waals surface area contributed by atoms with E-state index in [4.69, 9.17) is 17.0 Å². The Kier molecular flexibility index (Phi) is 6.72. The van der Waals surface area contributed by atoms with Gasteiger partial charge in [-0.3, -0.25) is 4.79 Å². The molecule has 0 spiro atoms. The van der Waals surface area contributed by atoms with E-state index in [-0.39, 0.29) is 5.92 Å². The second-order valence-electron chi connectivity index (χ2n) is 7.42. The first-order valence-corrected chi connectivity index (χ1v) is 10.1. The van der Waals surface area contributed by atoms with E-state index < -0.39 is 0 Å². The van der Waals surface area contributed by atoms with Crippen LogP contribution in [-0.2, 0) is 9.53 Å². The van der Waals surface area contributed by atoms with Gasteiger partial charge < -0.3 is 20.3 Å². The normalized spacial score (nSPS) is 26.3. The molecule has 1 saturated carbocycles. The van der Waals surface area contributed by atoms with Crippen LogP contribution in [-0.4, -0.2) is 54.3 Å². The highest BCUT2D eigenvalue weighted by Gasteiger charge is 2.29. The third-order valence-corrected chi connectivity index (χ3v) is 5.87. The minimum Gasteiger partial charge on any atom is -0.376 e. The summed E-state index contributed by atoms with van der Waals surface area (Å²) in [5, 5.41) is 7.41. The van der Waals surface area contributed by atoms with Crippen LogP contribution in [0.3, 0.4) is 0 Å². The smallest absolute Gasteiger partial charge is 0.225 e. The molecule has 1 atom stereocenters. The molecule has 5 nitrogen and oxygen atoms in total. The molecule has 0 aromatic heterocycles. The van der Waals surface area contributed by atoms with Gasteiger partial charge in [0.2, 0.25) is 5.91 Å². The Bertz CT molecular complexity index is 426. The summed E-state index contributed by atoms with van der Waals surface area (Å²) in [6.45, 7) is 3.40. The molecule has 2 aliphatic heterocycles. The molecule has 6 heteroatoms. The molecule has 0 aromatic carbocycles. The Balaban J connectivity index is 1.33. The van der Waals surface area contributed by atoms with Crippen molar-refractivity contribution in [2.45, 2.75) is 69.9 Å². The first-order chi connectivity index (χ1) is 11.7. The maximum atomic E-state index is 12.6. The Labute approximate surface area is 150 Å². The van der Waals surface area contributed by atoms with Crippen molar-refractivity contribution in [1.82, 2.24) is 15.5 Å². The molecule has 24 heavy (non-hydrogen) atoms. The molecular formula is C18H31N3O2S. The summed E-state index contributed by atoms with van der Waals surface area (Å²) >= 11 is 5.39. The monoisotopic (exact) mass is 353 g/mol. The average Bonchev–Trinajstić information content (AvgIpc) is 3.14. The van der Waals surface area contributed by atoms with Crippen LogP contribution >= 0.6 is 12.2 Å². The lowest BCUT2D eigenvalue weighted by molar-refractivity contribution is -0.137. The maximum Gasteiger partial charge on any atom is 0.225 e. The fourth-order valence-electron chi connectivity index (χ4n) is 4.10. The Morgan fingerprint density at radius 3 is 2.46 bits per heavy atom. The SMILES string of the molecule is O=C(C1CCCCC1)N1CCC(NC(=S)NCC2CCCO2)CC1. The summed E-state index contributed by atoms with van der Waals surface area (Å²) < 4.78 is 5.60. The molecule has 3 rings (SSSR count). The van der Waals surface area contributed by atoms with E-state index in [0.717, 1.165) is 69.9 Å². The number of amides is 1. The largest absolute Gasteiger partial charge is 0.376 e. The molecule has 136 valence electrons. The summed E-state index contributed by atoms with van der Waals surface area (Å²) in [7, 11) is 0. The summed E-state index contributed by atoms with van der Waals surface area (Å²) in [5.74, 6) is 0.685. The summed E-state index contributed by atoms with van der Waals surface area (Å²) in [5.41, 5.74) is 0. The van der Waals surface area contributed by atoms with E-state index in [1.54, 1.807) is 0 Å². The standard InChI is InChI=1S/C18H31N3O2S/c22-17(14-5-2-1-3-6-14)21-10-8-15(9-11-21)20-18(24)19-13-16-7-4-12-23-16/h14-16H,1-13H2,(H2,19,20,24). The Morgan fingerprint density at radius 2 is 1.79 bits per heavy atom. The van der Waals surface area contributed by atoms with Crippen molar-refractivity contribution in [3.05, 3.63) is 0 Å². The van der Waals surface area contributed by atoms with Crippen molar-refractivity contribution in [1.29, 1.82) is 0 Å². The van der Waals surface area contributed by atoms with Gasteiger partial charge >= 0.3 is 0 Å². The number of nitrogens with zero attached hydrogens (tertiary/aromatic N) is 1. The number of piperidine rings is 1. The predicted octanol–water partition coefficient (Wildman–Crippen LogP) is 2.20. The number of hydrogen-bond donors (Lipinski definition) is 2. The predicted molar refractivity (Wildman–Crippen MR) is 98.9 cm³/mol. The molecule has 2 saturated heterocycles. The zero-order valence-electron chi connectivity index (χ0n) is 14.6. The lowest BCUT2D eigenvalue weighted by Crippen LogP contribution is -2.50. The maximum absolute atomic E-state index is 12.6. The number of carbonyl (C=O) groups excluding carboxylic acids is 1. The van der Waals surface area contributed by atoms with Crippen molar-refractivity contribution in [2.75, 3.05) is 26.2 Å². The first-order valence-electron chi connectivity index (χ1n) is 9.67. The number of nitrogens with one attached hydrogen (secondary N) is 2. The van der Waals surface area contributed by atoms with Gasteiger partial charge in [-0.05, 0) is 50.7 Å². The van der Waals surface area contributed by atoms with Crippen molar-refractivity contribution < 1.29 is 9.53 Å². The van der Waals surface area contributed by atoms with Crippen LogP contribution in [0, 0.1) is 5.92 Å². The topological polar surface area (TPSA) is 53.6 Å². The number of likely N-dealkylation sites (tertiary alicyclic amines) is 1. The van der Waals surface area contributed by atoms with Gasteiger partial charge in [-0.1, -0.05) is 19.3 Å². The van der Waals surface area contributed by atoms with Crippen LogP contribution in [0.1, 0.15) is 57.8 Å². The number of carbonyl (C=O) groups is 1. The zero-order valence-corrected chi connectivity index (χ0v) is 15.4. The molecule has 1 unspecified atom stereocenters. The Hall–Kier alpha value is -0.880. The van der Waals surface area contributed by atoms with E-state index in [1.165, 1.54) is 19.3 Å². The number of rotatable bonds is 4. The highest BCUT2D eigenvalue weighted by Crippen LogP contribution is 2.26. The van der Waals surface area contributed by atoms with Crippen molar-refractivity contribution in [2.24, 2.45) is 5.92 Å². The van der Waals surface area contributed by atoms with Gasteiger partial charge in [-0.2, -0.15) is 0 Å². The van der Waals surface area contributed by atoms with Gasteiger partial charge in [0.05, 0.1) is 6.10 Å². The minimum atomic E-state index is 0.289. The molecule has 3 aliphatic rings. The summed E-state index contributed by atoms with van der Waals surface area (Å²) in [6.07, 6.45) is 10.5. The third kappa shape index (κ3) is 5.06. The van der Waals surface area contributed by atoms with Crippen molar-refractivity contribution >= 4 is 23.2 Å². The number of ether oxygens (including phenoxy) is 1. The zero-order chi connectivity index (χ0) is 16.8. The lowest BCUT2D eigenvalue weighted by Gasteiger charge is -2.35. The molecule has 1 aliphatic carbocycles. The van der Waals surface area contributed by atoms with Crippen molar-refractivity contribution in [3.8, 4) is 0 Å². The van der Waals surface area contributed by atoms with Gasteiger partial charge in [-0.15, -0.1) is 0 Å². The fourth-order valence-corrected chi connectivity index (χ4v) is 4.35. The average molecular weight is 354 g/mol. The van der Waals surface area contributed by atoms with Gasteiger partial charge in [0.25, 0.3) is 0 Å². The molecule has 0 aromatic rings. The van der Waals surface area contributed by atoms with Gasteiger partial charge in [0.15, 0.2) is 5.11 Å².